The zero-order valence-corrected chi connectivity index (χ0v) is 9.57. The lowest BCUT2D eigenvalue weighted by atomic mass is 9.82. The second kappa shape index (κ2) is 4.24. The number of carboxylic acid groups (broad SMARTS) is 1. The molecule has 0 aliphatic heterocycles. The van der Waals surface area contributed by atoms with Gasteiger partial charge in [0.05, 0.1) is 5.69 Å². The summed E-state index contributed by atoms with van der Waals surface area (Å²) in [7, 11) is 0. The van der Waals surface area contributed by atoms with Gasteiger partial charge in [-0.2, -0.15) is 0 Å². The van der Waals surface area contributed by atoms with Crippen molar-refractivity contribution < 1.29 is 9.90 Å². The second-order valence-electron chi connectivity index (χ2n) is 4.46. The third-order valence-electron chi connectivity index (χ3n) is 3.53. The van der Waals surface area contributed by atoms with E-state index < -0.39 is 11.4 Å². The maximum absolute atomic E-state index is 11.5. The Hall–Kier alpha value is -1.38. The van der Waals surface area contributed by atoms with Gasteiger partial charge >= 0.3 is 5.97 Å². The number of hydrogen-bond donors (Lipinski definition) is 1. The van der Waals surface area contributed by atoms with E-state index in [-0.39, 0.29) is 0 Å². The largest absolute Gasteiger partial charge is 0.481 e. The van der Waals surface area contributed by atoms with Gasteiger partial charge in [0, 0.05) is 5.69 Å². The van der Waals surface area contributed by atoms with E-state index in [0.29, 0.717) is 0 Å². The Labute approximate surface area is 95.5 Å². The predicted molar refractivity (Wildman–Crippen MR) is 61.4 cm³/mol. The molecule has 0 aromatic carbocycles. The maximum Gasteiger partial charge on any atom is 0.315 e. The first-order valence-electron chi connectivity index (χ1n) is 5.89. The first-order valence-corrected chi connectivity index (χ1v) is 5.89. The van der Waals surface area contributed by atoms with Crippen LogP contribution in [0, 0.1) is 0 Å². The number of hydrogen-bond acceptors (Lipinski definition) is 2. The number of aliphatic carboxylic acids is 1. The van der Waals surface area contributed by atoms with Crippen LogP contribution in [0.4, 0.5) is 0 Å². The highest BCUT2D eigenvalue weighted by Crippen LogP contribution is 2.40. The average molecular weight is 219 g/mol. The summed E-state index contributed by atoms with van der Waals surface area (Å²) in [6, 6.07) is 5.73. The number of carboxylic acids is 1. The lowest BCUT2D eigenvalue weighted by Crippen LogP contribution is -2.33. The Kier molecular flexibility index (Phi) is 2.95. The van der Waals surface area contributed by atoms with Gasteiger partial charge in [-0.3, -0.25) is 9.78 Å². The summed E-state index contributed by atoms with van der Waals surface area (Å²) in [6.45, 7) is 2.04. The molecule has 0 spiro atoms. The first-order chi connectivity index (χ1) is 7.69. The second-order valence-corrected chi connectivity index (χ2v) is 4.46. The SMILES string of the molecule is CCc1cccc(C2(C(=O)O)CCCC2)n1. The van der Waals surface area contributed by atoms with Crippen molar-refractivity contribution in [2.24, 2.45) is 0 Å². The standard InChI is InChI=1S/C13H17NO2/c1-2-10-6-5-7-11(14-10)13(12(15)16)8-3-4-9-13/h5-7H,2-4,8-9H2,1H3,(H,15,16). The molecule has 0 bridgehead atoms. The van der Waals surface area contributed by atoms with E-state index in [1.54, 1.807) is 0 Å². The zero-order valence-electron chi connectivity index (χ0n) is 9.57. The number of nitrogens with zero attached hydrogens (tertiary/aromatic N) is 1. The van der Waals surface area contributed by atoms with E-state index in [0.717, 1.165) is 43.5 Å². The van der Waals surface area contributed by atoms with Gasteiger partial charge in [0.1, 0.15) is 5.41 Å². The van der Waals surface area contributed by atoms with Crippen molar-refractivity contribution in [2.45, 2.75) is 44.4 Å². The summed E-state index contributed by atoms with van der Waals surface area (Å²) in [6.07, 6.45) is 4.28. The van der Waals surface area contributed by atoms with Gasteiger partial charge in [-0.15, -0.1) is 0 Å². The minimum atomic E-state index is -0.717. The minimum absolute atomic E-state index is 0.717. The third-order valence-corrected chi connectivity index (χ3v) is 3.53. The average Bonchev–Trinajstić information content (AvgIpc) is 2.79. The summed E-state index contributed by atoms with van der Waals surface area (Å²) in [5.74, 6) is -0.717. The molecule has 1 aliphatic rings. The van der Waals surface area contributed by atoms with Crippen LogP contribution in [0.3, 0.4) is 0 Å². The Morgan fingerprint density at radius 2 is 2.12 bits per heavy atom. The van der Waals surface area contributed by atoms with Crippen molar-refractivity contribution in [3.63, 3.8) is 0 Å². The van der Waals surface area contributed by atoms with Gasteiger partial charge in [-0.05, 0) is 31.4 Å². The van der Waals surface area contributed by atoms with Crippen LogP contribution < -0.4 is 0 Å². The van der Waals surface area contributed by atoms with E-state index >= 15 is 0 Å². The van der Waals surface area contributed by atoms with Crippen LogP contribution in [0.15, 0.2) is 18.2 Å². The number of aryl methyl sites for hydroxylation is 1. The topological polar surface area (TPSA) is 50.2 Å². The smallest absolute Gasteiger partial charge is 0.315 e. The minimum Gasteiger partial charge on any atom is -0.481 e. The number of carbonyl (C=O) groups is 1. The summed E-state index contributed by atoms with van der Waals surface area (Å²) < 4.78 is 0. The molecule has 0 radical (unpaired) electrons. The van der Waals surface area contributed by atoms with Gasteiger partial charge < -0.3 is 5.11 Å². The van der Waals surface area contributed by atoms with E-state index in [1.165, 1.54) is 0 Å². The van der Waals surface area contributed by atoms with Gasteiger partial charge in [0.15, 0.2) is 0 Å². The highest BCUT2D eigenvalue weighted by molar-refractivity contribution is 5.81. The highest BCUT2D eigenvalue weighted by atomic mass is 16.4. The summed E-state index contributed by atoms with van der Waals surface area (Å²) in [4.78, 5) is 16.0. The molecule has 2 rings (SSSR count). The summed E-state index contributed by atoms with van der Waals surface area (Å²) >= 11 is 0. The maximum atomic E-state index is 11.5. The van der Waals surface area contributed by atoms with Crippen LogP contribution in [0.5, 0.6) is 0 Å². The van der Waals surface area contributed by atoms with Crippen molar-refractivity contribution in [1.82, 2.24) is 4.98 Å². The Morgan fingerprint density at radius 3 is 2.69 bits per heavy atom. The molecular formula is C13H17NO2. The quantitative estimate of drug-likeness (QED) is 0.849. The first kappa shape index (κ1) is 11.1. The monoisotopic (exact) mass is 219 g/mol. The summed E-state index contributed by atoms with van der Waals surface area (Å²) in [5, 5.41) is 9.44. The highest BCUT2D eigenvalue weighted by Gasteiger charge is 2.44. The third kappa shape index (κ3) is 1.70. The van der Waals surface area contributed by atoms with Crippen LogP contribution in [0.25, 0.3) is 0 Å². The van der Waals surface area contributed by atoms with Crippen molar-refractivity contribution in [2.75, 3.05) is 0 Å². The molecule has 3 nitrogen and oxygen atoms in total. The molecule has 0 amide bonds. The van der Waals surface area contributed by atoms with Crippen LogP contribution in [0.1, 0.15) is 44.0 Å². The van der Waals surface area contributed by atoms with E-state index in [4.69, 9.17) is 0 Å². The molecular weight excluding hydrogens is 202 g/mol. The summed E-state index contributed by atoms with van der Waals surface area (Å²) in [5.41, 5.74) is 1.01. The fourth-order valence-electron chi connectivity index (χ4n) is 2.50. The molecule has 0 saturated heterocycles. The number of aromatic nitrogens is 1. The van der Waals surface area contributed by atoms with E-state index in [2.05, 4.69) is 4.98 Å². The molecule has 3 heteroatoms. The van der Waals surface area contributed by atoms with Crippen LogP contribution in [-0.2, 0) is 16.6 Å². The van der Waals surface area contributed by atoms with Gasteiger partial charge in [0.25, 0.3) is 0 Å². The van der Waals surface area contributed by atoms with Crippen molar-refractivity contribution in [3.05, 3.63) is 29.6 Å². The molecule has 1 fully saturated rings. The zero-order chi connectivity index (χ0) is 11.6. The molecule has 1 heterocycles. The predicted octanol–water partition coefficient (Wildman–Crippen LogP) is 2.54. The molecule has 86 valence electrons. The molecule has 1 N–H and O–H groups in total. The van der Waals surface area contributed by atoms with Gasteiger partial charge in [-0.25, -0.2) is 0 Å². The lowest BCUT2D eigenvalue weighted by Gasteiger charge is -2.23. The molecule has 1 aromatic heterocycles. The van der Waals surface area contributed by atoms with Crippen LogP contribution in [0.2, 0.25) is 0 Å². The Bertz CT molecular complexity index is 395. The Morgan fingerprint density at radius 1 is 1.44 bits per heavy atom. The van der Waals surface area contributed by atoms with E-state index in [9.17, 15) is 9.90 Å². The number of rotatable bonds is 3. The molecule has 0 atom stereocenters. The normalized spacial score (nSPS) is 18.6. The molecule has 16 heavy (non-hydrogen) atoms. The Balaban J connectivity index is 2.43. The molecule has 1 saturated carbocycles. The van der Waals surface area contributed by atoms with Crippen LogP contribution >= 0.6 is 0 Å². The van der Waals surface area contributed by atoms with Crippen molar-refractivity contribution in [1.29, 1.82) is 0 Å². The fourth-order valence-corrected chi connectivity index (χ4v) is 2.50. The lowest BCUT2D eigenvalue weighted by molar-refractivity contribution is -0.143. The fraction of sp³-hybridized carbons (Fsp3) is 0.538. The molecule has 0 unspecified atom stereocenters. The van der Waals surface area contributed by atoms with E-state index in [1.807, 2.05) is 25.1 Å². The van der Waals surface area contributed by atoms with Gasteiger partial charge in [-0.1, -0.05) is 25.8 Å². The molecule has 1 aromatic rings. The van der Waals surface area contributed by atoms with Crippen molar-refractivity contribution >= 4 is 5.97 Å². The molecule has 1 aliphatic carbocycles. The van der Waals surface area contributed by atoms with Crippen molar-refractivity contribution in [3.8, 4) is 0 Å². The number of pyridine rings is 1. The van der Waals surface area contributed by atoms with Crippen LogP contribution in [-0.4, -0.2) is 16.1 Å². The van der Waals surface area contributed by atoms with Gasteiger partial charge in [0.2, 0.25) is 0 Å².